The van der Waals surface area contributed by atoms with Gasteiger partial charge in [0.05, 0.1) is 1.37 Å². The number of rotatable bonds is 4. The second-order valence-electron chi connectivity index (χ2n) is 10.4. The molecule has 35 heavy (non-hydrogen) atoms. The van der Waals surface area contributed by atoms with Crippen LogP contribution in [-0.4, -0.2) is 69.2 Å². The average molecular weight is 494 g/mol. The van der Waals surface area contributed by atoms with Gasteiger partial charge in [-0.3, -0.25) is 4.79 Å². The monoisotopic (exact) mass is 493 g/mol. The van der Waals surface area contributed by atoms with Crippen LogP contribution < -0.4 is 4.74 Å². The lowest BCUT2D eigenvalue weighted by molar-refractivity contribution is -0.271. The normalized spacial score (nSPS) is 47.2. The number of aryl methyl sites for hydroxylation is 1. The van der Waals surface area contributed by atoms with E-state index in [9.17, 15) is 30.0 Å². The Hall–Kier alpha value is -2.20. The van der Waals surface area contributed by atoms with Crippen LogP contribution >= 0.6 is 0 Å². The lowest BCUT2D eigenvalue weighted by Gasteiger charge is -2.50. The standard InChI is InChI=1S/C26H34O9/c1-12(27)33-19-8-7-18-17-5-3-13-11-14(4-6-15(13)16(17)9-10-26(18,19)2)34-25-22(30)20(28)21(29)23(35-25)24(31)32/h4,6,11,16-23,25,28-30H,3,5,7-10H2,1-2H3,(H,31,32)/t16-,17-,18+,19+,20+,21+,22-,23+,25-,26+/m1/s1/i8D2,19D. The lowest BCUT2D eigenvalue weighted by Crippen LogP contribution is -2.61. The molecular weight excluding hydrogens is 456 g/mol. The zero-order valence-corrected chi connectivity index (χ0v) is 19.7. The summed E-state index contributed by atoms with van der Waals surface area (Å²) in [5, 5.41) is 39.5. The van der Waals surface area contributed by atoms with Crippen molar-refractivity contribution in [3.8, 4) is 5.75 Å². The lowest BCUT2D eigenvalue weighted by atomic mass is 9.55. The van der Waals surface area contributed by atoms with Crippen LogP contribution in [0.4, 0.5) is 0 Å². The van der Waals surface area contributed by atoms with Crippen molar-refractivity contribution >= 4 is 11.9 Å². The van der Waals surface area contributed by atoms with Gasteiger partial charge in [-0.25, -0.2) is 4.79 Å². The Balaban J connectivity index is 1.37. The molecule has 0 unspecified atom stereocenters. The maximum absolute atomic E-state index is 11.8. The van der Waals surface area contributed by atoms with Crippen LogP contribution in [0, 0.1) is 17.3 Å². The van der Waals surface area contributed by atoms with Crippen LogP contribution in [0.15, 0.2) is 18.2 Å². The Morgan fingerprint density at radius 2 is 1.94 bits per heavy atom. The van der Waals surface area contributed by atoms with Crippen molar-refractivity contribution in [3.63, 3.8) is 0 Å². The summed E-state index contributed by atoms with van der Waals surface area (Å²) < 4.78 is 42.6. The SMILES string of the molecule is [2H]C1([2H])C[C@H]2[C@@H]3CCc4cc(O[C@@H]5O[C@H](C(=O)O)[C@@H](O)[C@H](O)[C@H]5O)ccc4[C@H]3CC[C@]2(C)[C@@]1([2H])OC(C)=O. The summed E-state index contributed by atoms with van der Waals surface area (Å²) in [6, 6.07) is 5.38. The second-order valence-corrected chi connectivity index (χ2v) is 10.4. The number of fused-ring (bicyclic) bond motifs is 5. The van der Waals surface area contributed by atoms with E-state index in [1.807, 2.05) is 13.0 Å². The maximum atomic E-state index is 11.8. The summed E-state index contributed by atoms with van der Waals surface area (Å²) in [4.78, 5) is 23.2. The summed E-state index contributed by atoms with van der Waals surface area (Å²) in [6.45, 7) is 3.10. The Morgan fingerprint density at radius 3 is 2.66 bits per heavy atom. The third-order valence-electron chi connectivity index (χ3n) is 8.40. The fourth-order valence-electron chi connectivity index (χ4n) is 6.60. The number of carboxylic acids is 1. The fraction of sp³-hybridized carbons (Fsp3) is 0.692. The van der Waals surface area contributed by atoms with Crippen molar-refractivity contribution < 1.29 is 48.3 Å². The van der Waals surface area contributed by atoms with E-state index in [-0.39, 0.29) is 24.2 Å². The van der Waals surface area contributed by atoms with E-state index in [4.69, 9.17) is 18.3 Å². The molecule has 5 rings (SSSR count). The molecular formula is C26H34O9. The fourth-order valence-corrected chi connectivity index (χ4v) is 6.60. The molecule has 2 saturated carbocycles. The number of carbonyl (C=O) groups excluding carboxylic acids is 1. The minimum absolute atomic E-state index is 0.113. The van der Waals surface area contributed by atoms with Crippen LogP contribution in [0.3, 0.4) is 0 Å². The maximum Gasteiger partial charge on any atom is 0.335 e. The van der Waals surface area contributed by atoms with Crippen LogP contribution in [0.5, 0.6) is 5.75 Å². The summed E-state index contributed by atoms with van der Waals surface area (Å²) in [7, 11) is 0. The van der Waals surface area contributed by atoms with Crippen molar-refractivity contribution in [2.45, 2.75) is 95.0 Å². The minimum atomic E-state index is -1.97. The molecule has 192 valence electrons. The molecule has 3 fully saturated rings. The first-order valence-corrected chi connectivity index (χ1v) is 12.1. The van der Waals surface area contributed by atoms with Crippen LogP contribution in [0.2, 0.25) is 0 Å². The minimum Gasteiger partial charge on any atom is -0.479 e. The number of hydrogen-bond acceptors (Lipinski definition) is 8. The van der Waals surface area contributed by atoms with Gasteiger partial charge in [-0.1, -0.05) is 13.0 Å². The molecule has 10 atom stereocenters. The highest BCUT2D eigenvalue weighted by atomic mass is 16.7. The van der Waals surface area contributed by atoms with Gasteiger partial charge in [0.25, 0.3) is 0 Å². The Morgan fingerprint density at radius 1 is 1.17 bits per heavy atom. The molecule has 0 bridgehead atoms. The van der Waals surface area contributed by atoms with Gasteiger partial charge in [0, 0.05) is 15.1 Å². The smallest absolute Gasteiger partial charge is 0.335 e. The Kier molecular flexibility index (Phi) is 5.40. The zero-order chi connectivity index (χ0) is 27.8. The highest BCUT2D eigenvalue weighted by molar-refractivity contribution is 5.73. The number of carbonyl (C=O) groups is 2. The topological polar surface area (TPSA) is 143 Å². The number of aliphatic hydroxyl groups excluding tert-OH is 3. The summed E-state index contributed by atoms with van der Waals surface area (Å²) in [6.07, 6.45) is -9.59. The van der Waals surface area contributed by atoms with Crippen LogP contribution in [-0.2, 0) is 25.5 Å². The van der Waals surface area contributed by atoms with Gasteiger partial charge in [-0.15, -0.1) is 0 Å². The molecule has 0 spiro atoms. The van der Waals surface area contributed by atoms with Gasteiger partial charge in [-0.05, 0) is 79.5 Å². The van der Waals surface area contributed by atoms with Crippen LogP contribution in [0.1, 0.15) is 67.1 Å². The van der Waals surface area contributed by atoms with Crippen molar-refractivity contribution in [1.29, 1.82) is 0 Å². The number of benzene rings is 1. The van der Waals surface area contributed by atoms with Gasteiger partial charge in [0.15, 0.2) is 6.10 Å². The molecule has 3 aliphatic carbocycles. The van der Waals surface area contributed by atoms with Crippen LogP contribution in [0.25, 0.3) is 0 Å². The van der Waals surface area contributed by atoms with Crippen molar-refractivity contribution in [1.82, 2.24) is 0 Å². The highest BCUT2D eigenvalue weighted by Crippen LogP contribution is 2.61. The molecule has 0 radical (unpaired) electrons. The molecule has 0 aromatic heterocycles. The van der Waals surface area contributed by atoms with E-state index in [0.717, 1.165) is 17.5 Å². The van der Waals surface area contributed by atoms with Gasteiger partial charge in [0.1, 0.15) is 30.1 Å². The van der Waals surface area contributed by atoms with E-state index < -0.39 is 60.5 Å². The average Bonchev–Trinajstić information content (AvgIpc) is 3.00. The quantitative estimate of drug-likeness (QED) is 0.461. The molecule has 4 aliphatic rings. The van der Waals surface area contributed by atoms with Gasteiger partial charge in [-0.2, -0.15) is 0 Å². The molecule has 1 aromatic rings. The van der Waals surface area contributed by atoms with Crippen molar-refractivity contribution in [2.24, 2.45) is 17.3 Å². The molecule has 9 heteroatoms. The van der Waals surface area contributed by atoms with Gasteiger partial charge >= 0.3 is 11.9 Å². The highest BCUT2D eigenvalue weighted by Gasteiger charge is 2.56. The third kappa shape index (κ3) is 4.12. The zero-order valence-electron chi connectivity index (χ0n) is 22.7. The summed E-state index contributed by atoms with van der Waals surface area (Å²) >= 11 is 0. The Bertz CT molecular complexity index is 1130. The van der Waals surface area contributed by atoms with Gasteiger partial charge < -0.3 is 34.6 Å². The van der Waals surface area contributed by atoms with E-state index in [1.165, 1.54) is 6.92 Å². The van der Waals surface area contributed by atoms with Crippen molar-refractivity contribution in [2.75, 3.05) is 0 Å². The van der Waals surface area contributed by atoms with E-state index in [0.29, 0.717) is 25.0 Å². The van der Waals surface area contributed by atoms with E-state index in [2.05, 4.69) is 0 Å². The number of aliphatic hydroxyl groups is 3. The van der Waals surface area contributed by atoms with Gasteiger partial charge in [0.2, 0.25) is 6.29 Å². The Labute approximate surface area is 208 Å². The molecule has 1 heterocycles. The molecule has 1 aromatic carbocycles. The van der Waals surface area contributed by atoms with Crippen molar-refractivity contribution in [3.05, 3.63) is 29.3 Å². The number of aliphatic carboxylic acids is 1. The van der Waals surface area contributed by atoms with E-state index >= 15 is 0 Å². The number of esters is 1. The molecule has 9 nitrogen and oxygen atoms in total. The molecule has 4 N–H and O–H groups in total. The summed E-state index contributed by atoms with van der Waals surface area (Å²) in [5.74, 6) is -1.72. The number of hydrogen-bond donors (Lipinski definition) is 4. The molecule has 1 saturated heterocycles. The summed E-state index contributed by atoms with van der Waals surface area (Å²) in [5.41, 5.74) is 1.28. The number of ether oxygens (including phenoxy) is 3. The first-order valence-electron chi connectivity index (χ1n) is 13.6. The molecule has 1 aliphatic heterocycles. The molecule has 0 amide bonds. The largest absolute Gasteiger partial charge is 0.479 e. The first-order chi connectivity index (χ1) is 17.7. The number of carboxylic acid groups (broad SMARTS) is 1. The predicted molar refractivity (Wildman–Crippen MR) is 122 cm³/mol. The van der Waals surface area contributed by atoms with E-state index in [1.54, 1.807) is 12.1 Å². The third-order valence-corrected chi connectivity index (χ3v) is 8.40. The second kappa shape index (κ2) is 9.03. The first kappa shape index (κ1) is 20.9. The predicted octanol–water partition coefficient (Wildman–Crippen LogP) is 1.75.